The van der Waals surface area contributed by atoms with Gasteiger partial charge in [-0.1, -0.05) is 0 Å². The van der Waals surface area contributed by atoms with Crippen LogP contribution in [0.25, 0.3) is 11.2 Å². The third kappa shape index (κ3) is 2.95. The minimum absolute atomic E-state index is 0.0656. The summed E-state index contributed by atoms with van der Waals surface area (Å²) in [5, 5.41) is 30.0. The first-order valence-electron chi connectivity index (χ1n) is 8.74. The number of nitrogens with zero attached hydrogens (tertiary/aromatic N) is 5. The average molecular weight is 381 g/mol. The number of likely N-dealkylation sites (N-methyl/N-ethyl adjacent to an activating group) is 1. The Morgan fingerprint density at radius 2 is 1.93 bits per heavy atom. The van der Waals surface area contributed by atoms with Crippen LogP contribution in [0.3, 0.4) is 0 Å². The molecule has 0 bridgehead atoms. The normalized spacial score (nSPS) is 29.7. The molecular weight excluding hydrogens is 358 g/mol. The molecule has 0 spiro atoms. The second-order valence-corrected chi connectivity index (χ2v) is 6.92. The number of imidazole rings is 1. The molecule has 0 aromatic carbocycles. The second kappa shape index (κ2) is 6.73. The van der Waals surface area contributed by atoms with Gasteiger partial charge in [-0.15, -0.1) is 0 Å². The highest BCUT2D eigenvalue weighted by atomic mass is 16.6. The number of aromatic nitrogens is 4. The molecule has 2 aromatic rings. The number of H-pyrrole nitrogens is 1. The number of piperazine rings is 1. The minimum Gasteiger partial charge on any atom is -0.394 e. The Balaban J connectivity index is 1.86. The zero-order valence-corrected chi connectivity index (χ0v) is 14.8. The SMILES string of the molecule is CN1CCN(c2nc3c(=O)[nH]c(N)nc3n2[C@H]2O[C@@H](CO)[C@@H](O)[C@H]2O)CC1. The van der Waals surface area contributed by atoms with Crippen LogP contribution in [0.1, 0.15) is 6.23 Å². The zero-order chi connectivity index (χ0) is 19.3. The fourth-order valence-corrected chi connectivity index (χ4v) is 3.55. The molecule has 2 saturated heterocycles. The number of aliphatic hydroxyl groups excluding tert-OH is 3. The van der Waals surface area contributed by atoms with Crippen molar-refractivity contribution >= 4 is 23.1 Å². The van der Waals surface area contributed by atoms with Crippen LogP contribution in [-0.2, 0) is 4.74 Å². The number of hydrogen-bond acceptors (Lipinski definition) is 10. The number of rotatable bonds is 3. The number of nitrogens with one attached hydrogen (secondary N) is 1. The van der Waals surface area contributed by atoms with Crippen molar-refractivity contribution in [3.05, 3.63) is 10.4 Å². The van der Waals surface area contributed by atoms with Gasteiger partial charge in [-0.3, -0.25) is 14.3 Å². The Morgan fingerprint density at radius 3 is 2.56 bits per heavy atom. The molecule has 2 aliphatic heterocycles. The van der Waals surface area contributed by atoms with Crippen LogP contribution in [-0.4, -0.2) is 97.9 Å². The number of nitrogen functional groups attached to an aromatic ring is 1. The quantitative estimate of drug-likeness (QED) is 0.371. The topological polar surface area (TPSA) is 166 Å². The molecule has 0 aliphatic carbocycles. The van der Waals surface area contributed by atoms with E-state index in [9.17, 15) is 20.1 Å². The summed E-state index contributed by atoms with van der Waals surface area (Å²) < 4.78 is 7.14. The third-order valence-electron chi connectivity index (χ3n) is 5.11. The number of hydrogen-bond donors (Lipinski definition) is 5. The molecule has 12 nitrogen and oxygen atoms in total. The molecule has 0 amide bonds. The molecular formula is C15H23N7O5. The minimum atomic E-state index is -1.33. The number of anilines is 2. The van der Waals surface area contributed by atoms with E-state index in [0.717, 1.165) is 13.1 Å². The van der Waals surface area contributed by atoms with Gasteiger partial charge in [-0.2, -0.15) is 4.98 Å². The van der Waals surface area contributed by atoms with E-state index in [1.54, 1.807) is 0 Å². The lowest BCUT2D eigenvalue weighted by molar-refractivity contribution is -0.0505. The molecule has 27 heavy (non-hydrogen) atoms. The standard InChI is InChI=1S/C15H23N7O5/c1-20-2-4-21(5-3-20)15-17-8-11(18-14(16)19-12(8)26)22(15)13-10(25)9(24)7(6-23)27-13/h7,9-10,13,23-25H,2-6H2,1H3,(H3,16,18,19,26)/t7-,9+,10+,13-/m0/s1. The van der Waals surface area contributed by atoms with Crippen LogP contribution < -0.4 is 16.2 Å². The Bertz CT molecular complexity index is 891. The highest BCUT2D eigenvalue weighted by Gasteiger charge is 2.45. The van der Waals surface area contributed by atoms with Crippen molar-refractivity contribution in [2.75, 3.05) is 50.5 Å². The number of aliphatic hydroxyl groups is 3. The summed E-state index contributed by atoms with van der Waals surface area (Å²) in [6, 6.07) is 0. The van der Waals surface area contributed by atoms with Crippen LogP contribution in [0.15, 0.2) is 4.79 Å². The van der Waals surface area contributed by atoms with Gasteiger partial charge in [0.1, 0.15) is 18.3 Å². The molecule has 4 rings (SSSR count). The maximum atomic E-state index is 12.3. The maximum Gasteiger partial charge on any atom is 0.280 e. The molecule has 0 saturated carbocycles. The van der Waals surface area contributed by atoms with Crippen molar-refractivity contribution in [2.45, 2.75) is 24.5 Å². The highest BCUT2D eigenvalue weighted by molar-refractivity contribution is 5.75. The van der Waals surface area contributed by atoms with Crippen molar-refractivity contribution in [2.24, 2.45) is 0 Å². The van der Waals surface area contributed by atoms with Crippen LogP contribution in [0.4, 0.5) is 11.9 Å². The summed E-state index contributed by atoms with van der Waals surface area (Å²) in [5.41, 5.74) is 5.41. The summed E-state index contributed by atoms with van der Waals surface area (Å²) in [5.74, 6) is 0.307. The molecule has 148 valence electrons. The largest absolute Gasteiger partial charge is 0.394 e. The van der Waals surface area contributed by atoms with E-state index < -0.39 is 36.7 Å². The lowest BCUT2D eigenvalue weighted by Crippen LogP contribution is -2.46. The van der Waals surface area contributed by atoms with Crippen LogP contribution in [0.5, 0.6) is 0 Å². The van der Waals surface area contributed by atoms with E-state index in [-0.39, 0.29) is 17.1 Å². The molecule has 0 radical (unpaired) electrons. The third-order valence-corrected chi connectivity index (χ3v) is 5.11. The first-order chi connectivity index (χ1) is 12.9. The van der Waals surface area contributed by atoms with Crippen molar-refractivity contribution in [3.8, 4) is 0 Å². The Kier molecular flexibility index (Phi) is 4.52. The van der Waals surface area contributed by atoms with Gasteiger partial charge in [-0.25, -0.2) is 4.98 Å². The Hall–Kier alpha value is -2.25. The van der Waals surface area contributed by atoms with Gasteiger partial charge in [0.15, 0.2) is 17.4 Å². The smallest absolute Gasteiger partial charge is 0.280 e. The van der Waals surface area contributed by atoms with Crippen molar-refractivity contribution < 1.29 is 20.1 Å². The first-order valence-corrected chi connectivity index (χ1v) is 8.74. The Morgan fingerprint density at radius 1 is 1.22 bits per heavy atom. The monoisotopic (exact) mass is 381 g/mol. The predicted octanol–water partition coefficient (Wildman–Crippen LogP) is -2.93. The molecule has 6 N–H and O–H groups in total. The van der Waals surface area contributed by atoms with Gasteiger partial charge in [-0.05, 0) is 7.05 Å². The summed E-state index contributed by atoms with van der Waals surface area (Å²) in [4.78, 5) is 27.5. The lowest BCUT2D eigenvalue weighted by atomic mass is 10.1. The highest BCUT2D eigenvalue weighted by Crippen LogP contribution is 2.35. The van der Waals surface area contributed by atoms with Gasteiger partial charge in [0.2, 0.25) is 11.9 Å². The number of nitrogens with two attached hydrogens (primary N) is 1. The van der Waals surface area contributed by atoms with E-state index in [1.165, 1.54) is 4.57 Å². The number of aromatic amines is 1. The van der Waals surface area contributed by atoms with E-state index in [2.05, 4.69) is 19.9 Å². The summed E-state index contributed by atoms with van der Waals surface area (Å²) >= 11 is 0. The molecule has 0 unspecified atom stereocenters. The molecule has 2 aromatic heterocycles. The van der Waals surface area contributed by atoms with E-state index in [1.807, 2.05) is 11.9 Å². The maximum absolute atomic E-state index is 12.3. The van der Waals surface area contributed by atoms with Crippen LogP contribution in [0.2, 0.25) is 0 Å². The van der Waals surface area contributed by atoms with Crippen molar-refractivity contribution in [1.29, 1.82) is 0 Å². The number of ether oxygens (including phenoxy) is 1. The van der Waals surface area contributed by atoms with E-state index in [0.29, 0.717) is 19.0 Å². The predicted molar refractivity (Wildman–Crippen MR) is 95.3 cm³/mol. The zero-order valence-electron chi connectivity index (χ0n) is 14.8. The average Bonchev–Trinajstić information content (AvgIpc) is 3.14. The van der Waals surface area contributed by atoms with Crippen LogP contribution in [0, 0.1) is 0 Å². The molecule has 12 heteroatoms. The molecule has 2 aliphatic rings. The van der Waals surface area contributed by atoms with Crippen molar-refractivity contribution in [1.82, 2.24) is 24.4 Å². The molecule has 4 atom stereocenters. The summed E-state index contributed by atoms with van der Waals surface area (Å²) in [6.07, 6.45) is -4.63. The van der Waals surface area contributed by atoms with Crippen LogP contribution >= 0.6 is 0 Å². The Labute approximate surface area is 153 Å². The fourth-order valence-electron chi connectivity index (χ4n) is 3.55. The van der Waals surface area contributed by atoms with Gasteiger partial charge >= 0.3 is 0 Å². The van der Waals surface area contributed by atoms with Gasteiger partial charge in [0.05, 0.1) is 6.61 Å². The van der Waals surface area contributed by atoms with Gasteiger partial charge in [0, 0.05) is 26.2 Å². The van der Waals surface area contributed by atoms with Gasteiger partial charge in [0.25, 0.3) is 5.56 Å². The van der Waals surface area contributed by atoms with E-state index in [4.69, 9.17) is 10.5 Å². The molecule has 2 fully saturated rings. The summed E-state index contributed by atoms with van der Waals surface area (Å²) in [6.45, 7) is 2.45. The summed E-state index contributed by atoms with van der Waals surface area (Å²) in [7, 11) is 2.01. The van der Waals surface area contributed by atoms with E-state index >= 15 is 0 Å². The second-order valence-electron chi connectivity index (χ2n) is 6.92. The number of fused-ring (bicyclic) bond motifs is 1. The first kappa shape index (κ1) is 18.1. The molecule has 4 heterocycles. The van der Waals surface area contributed by atoms with Gasteiger partial charge < -0.3 is 35.6 Å². The lowest BCUT2D eigenvalue weighted by Gasteiger charge is -2.34. The van der Waals surface area contributed by atoms with Crippen molar-refractivity contribution in [3.63, 3.8) is 0 Å². The fraction of sp³-hybridized carbons (Fsp3) is 0.667.